The number of carboxylic acids is 1. The Bertz CT molecular complexity index is 613. The van der Waals surface area contributed by atoms with Gasteiger partial charge in [-0.2, -0.15) is 9.36 Å². The molecule has 1 N–H and O–H groups in total. The fraction of sp³-hybridized carbons (Fsp3) is 0.250. The molecule has 0 saturated heterocycles. The molecule has 0 radical (unpaired) electrons. The third-order valence-corrected chi connectivity index (χ3v) is 3.59. The molecule has 2 rings (SSSR count). The molecular weight excluding hydrogens is 379 g/mol. The van der Waals surface area contributed by atoms with Gasteiger partial charge in [-0.25, -0.2) is 4.79 Å². The van der Waals surface area contributed by atoms with E-state index in [9.17, 15) is 4.79 Å². The second-order valence-corrected chi connectivity index (χ2v) is 6.08. The van der Waals surface area contributed by atoms with Crippen LogP contribution in [-0.4, -0.2) is 20.4 Å². The molecule has 0 amide bonds. The van der Waals surface area contributed by atoms with Gasteiger partial charge in [0.1, 0.15) is 17.1 Å². The van der Waals surface area contributed by atoms with Crippen molar-refractivity contribution in [3.8, 4) is 10.9 Å². The molecule has 0 bridgehead atoms. The molecule has 7 heteroatoms. The lowest BCUT2D eigenvalue weighted by Crippen LogP contribution is -2.00. The van der Waals surface area contributed by atoms with Crippen LogP contribution in [0, 0.1) is 3.57 Å². The van der Waals surface area contributed by atoms with Crippen LogP contribution in [0.5, 0.6) is 10.9 Å². The summed E-state index contributed by atoms with van der Waals surface area (Å²) in [6, 6.07) is 4.97. The smallest absolute Gasteiger partial charge is 0.339 e. The van der Waals surface area contributed by atoms with Crippen molar-refractivity contribution in [2.45, 2.75) is 19.8 Å². The molecule has 5 nitrogen and oxygen atoms in total. The third-order valence-electron chi connectivity index (χ3n) is 2.31. The number of halogens is 1. The maximum absolute atomic E-state index is 11.2. The summed E-state index contributed by atoms with van der Waals surface area (Å²) < 4.78 is 10.5. The molecule has 0 spiro atoms. The predicted octanol–water partition coefficient (Wildman–Crippen LogP) is 3.76. The molecule has 0 atom stereocenters. The Morgan fingerprint density at radius 1 is 1.47 bits per heavy atom. The van der Waals surface area contributed by atoms with Crippen molar-refractivity contribution in [2.75, 3.05) is 0 Å². The minimum absolute atomic E-state index is 0.119. The standard InChI is InChI=1S/C12H11IN2O3S/c1-6(2)10-14-12(19-15-10)18-9-4-3-7(13)5-8(9)11(16)17/h3-6H,1-2H3,(H,16,17). The lowest BCUT2D eigenvalue weighted by atomic mass is 10.2. The summed E-state index contributed by atoms with van der Waals surface area (Å²) in [5, 5.41) is 9.50. The highest BCUT2D eigenvalue weighted by molar-refractivity contribution is 14.1. The first-order chi connectivity index (χ1) is 8.97. The zero-order chi connectivity index (χ0) is 14.0. The maximum Gasteiger partial charge on any atom is 0.339 e. The lowest BCUT2D eigenvalue weighted by molar-refractivity contribution is 0.0694. The van der Waals surface area contributed by atoms with Crippen LogP contribution >= 0.6 is 34.1 Å². The van der Waals surface area contributed by atoms with E-state index in [1.54, 1.807) is 18.2 Å². The fourth-order valence-electron chi connectivity index (χ4n) is 1.35. The fourth-order valence-corrected chi connectivity index (χ4v) is 2.52. The summed E-state index contributed by atoms with van der Waals surface area (Å²) in [7, 11) is 0. The molecule has 100 valence electrons. The van der Waals surface area contributed by atoms with E-state index in [2.05, 4.69) is 31.9 Å². The van der Waals surface area contributed by atoms with Crippen molar-refractivity contribution in [3.63, 3.8) is 0 Å². The van der Waals surface area contributed by atoms with Crippen LogP contribution in [0.2, 0.25) is 0 Å². The average molecular weight is 390 g/mol. The van der Waals surface area contributed by atoms with E-state index in [0.29, 0.717) is 11.0 Å². The molecule has 0 aliphatic rings. The zero-order valence-electron chi connectivity index (χ0n) is 10.3. The van der Waals surface area contributed by atoms with Gasteiger partial charge < -0.3 is 9.84 Å². The Balaban J connectivity index is 2.29. The number of aromatic carboxylic acids is 1. The average Bonchev–Trinajstić information content (AvgIpc) is 2.80. The highest BCUT2D eigenvalue weighted by Crippen LogP contribution is 2.29. The largest absolute Gasteiger partial charge is 0.478 e. The SMILES string of the molecule is CC(C)c1nsc(Oc2ccc(I)cc2C(=O)O)n1. The van der Waals surface area contributed by atoms with Gasteiger partial charge in [0.15, 0.2) is 0 Å². The predicted molar refractivity (Wildman–Crippen MR) is 80.2 cm³/mol. The Morgan fingerprint density at radius 3 is 2.79 bits per heavy atom. The summed E-state index contributed by atoms with van der Waals surface area (Å²) in [6.45, 7) is 3.97. The topological polar surface area (TPSA) is 72.3 Å². The normalized spacial score (nSPS) is 10.7. The van der Waals surface area contributed by atoms with Crippen LogP contribution in [0.3, 0.4) is 0 Å². The van der Waals surface area contributed by atoms with Gasteiger partial charge in [-0.05, 0) is 40.8 Å². The number of carboxylic acid groups (broad SMARTS) is 1. The first-order valence-corrected chi connectivity index (χ1v) is 7.37. The second kappa shape index (κ2) is 5.83. The van der Waals surface area contributed by atoms with Crippen molar-refractivity contribution in [1.29, 1.82) is 0 Å². The number of nitrogens with zero attached hydrogens (tertiary/aromatic N) is 2. The van der Waals surface area contributed by atoms with Crippen molar-refractivity contribution in [2.24, 2.45) is 0 Å². The van der Waals surface area contributed by atoms with Gasteiger partial charge in [0, 0.05) is 21.0 Å². The summed E-state index contributed by atoms with van der Waals surface area (Å²) >= 11 is 3.17. The summed E-state index contributed by atoms with van der Waals surface area (Å²) in [5.41, 5.74) is 0.119. The van der Waals surface area contributed by atoms with Crippen molar-refractivity contribution in [3.05, 3.63) is 33.2 Å². The van der Waals surface area contributed by atoms with E-state index >= 15 is 0 Å². The Morgan fingerprint density at radius 2 is 2.21 bits per heavy atom. The van der Waals surface area contributed by atoms with Crippen molar-refractivity contribution < 1.29 is 14.6 Å². The molecule has 1 heterocycles. The number of hydrogen-bond acceptors (Lipinski definition) is 5. The second-order valence-electron chi connectivity index (χ2n) is 4.12. The van der Waals surface area contributed by atoms with Gasteiger partial charge in [-0.1, -0.05) is 13.8 Å². The van der Waals surface area contributed by atoms with E-state index in [1.165, 1.54) is 0 Å². The number of aromatic nitrogens is 2. The van der Waals surface area contributed by atoms with E-state index < -0.39 is 5.97 Å². The number of rotatable bonds is 4. The van der Waals surface area contributed by atoms with Crippen LogP contribution in [0.25, 0.3) is 0 Å². The molecule has 0 fully saturated rings. The van der Waals surface area contributed by atoms with Gasteiger partial charge in [0.25, 0.3) is 5.19 Å². The van der Waals surface area contributed by atoms with Gasteiger partial charge >= 0.3 is 5.97 Å². The molecule has 1 aromatic carbocycles. The molecule has 0 saturated carbocycles. The highest BCUT2D eigenvalue weighted by Gasteiger charge is 2.15. The monoisotopic (exact) mass is 390 g/mol. The van der Waals surface area contributed by atoms with Gasteiger partial charge in [0.2, 0.25) is 0 Å². The van der Waals surface area contributed by atoms with E-state index in [0.717, 1.165) is 15.1 Å². The maximum atomic E-state index is 11.2. The van der Waals surface area contributed by atoms with Crippen LogP contribution < -0.4 is 4.74 Å². The van der Waals surface area contributed by atoms with Crippen LogP contribution in [-0.2, 0) is 0 Å². The summed E-state index contributed by atoms with van der Waals surface area (Å²) in [4.78, 5) is 15.4. The molecule has 1 aromatic heterocycles. The van der Waals surface area contributed by atoms with Gasteiger partial charge in [-0.3, -0.25) is 0 Å². The molecule has 0 aliphatic carbocycles. The Labute approximate surface area is 128 Å². The summed E-state index contributed by atoms with van der Waals surface area (Å²) in [5.74, 6) is 0.160. The molecule has 19 heavy (non-hydrogen) atoms. The highest BCUT2D eigenvalue weighted by atomic mass is 127. The number of benzene rings is 1. The number of hydrogen-bond donors (Lipinski definition) is 1. The molecule has 0 aliphatic heterocycles. The molecule has 2 aromatic rings. The third kappa shape index (κ3) is 3.41. The van der Waals surface area contributed by atoms with E-state index in [1.807, 2.05) is 13.8 Å². The Kier molecular flexibility index (Phi) is 4.35. The van der Waals surface area contributed by atoms with Crippen molar-refractivity contribution in [1.82, 2.24) is 9.36 Å². The van der Waals surface area contributed by atoms with E-state index in [4.69, 9.17) is 9.84 Å². The first-order valence-electron chi connectivity index (χ1n) is 5.51. The minimum Gasteiger partial charge on any atom is -0.478 e. The van der Waals surface area contributed by atoms with Crippen LogP contribution in [0.1, 0.15) is 35.9 Å². The number of carbonyl (C=O) groups is 1. The quantitative estimate of drug-likeness (QED) is 0.805. The summed E-state index contributed by atoms with van der Waals surface area (Å²) in [6.07, 6.45) is 0. The van der Waals surface area contributed by atoms with Gasteiger partial charge in [0.05, 0.1) is 0 Å². The van der Waals surface area contributed by atoms with Crippen LogP contribution in [0.4, 0.5) is 0 Å². The van der Waals surface area contributed by atoms with Crippen LogP contribution in [0.15, 0.2) is 18.2 Å². The minimum atomic E-state index is -1.03. The van der Waals surface area contributed by atoms with Gasteiger partial charge in [-0.15, -0.1) is 0 Å². The zero-order valence-corrected chi connectivity index (χ0v) is 13.2. The van der Waals surface area contributed by atoms with Crippen molar-refractivity contribution >= 4 is 40.1 Å². The first kappa shape index (κ1) is 14.2. The molecule has 0 unspecified atom stereocenters. The lowest BCUT2D eigenvalue weighted by Gasteiger charge is -2.05. The number of ether oxygens (including phenoxy) is 1. The Hall–Kier alpha value is -1.22. The molecular formula is C12H11IN2O3S. The van der Waals surface area contributed by atoms with E-state index in [-0.39, 0.29) is 17.2 Å².